The van der Waals surface area contributed by atoms with Gasteiger partial charge in [0.05, 0.1) is 0 Å². The lowest BCUT2D eigenvalue weighted by molar-refractivity contribution is -0.129. The number of carbonyl (C=O) groups is 1. The summed E-state index contributed by atoms with van der Waals surface area (Å²) in [6.07, 6.45) is 3.78. The molecule has 0 saturated heterocycles. The Kier molecular flexibility index (Phi) is 5.90. The topological polar surface area (TPSA) is 20.3 Å². The van der Waals surface area contributed by atoms with E-state index in [4.69, 9.17) is 0 Å². The first kappa shape index (κ1) is 14.7. The van der Waals surface area contributed by atoms with Gasteiger partial charge in [0.1, 0.15) is 0 Å². The molecule has 0 fully saturated rings. The zero-order valence-corrected chi connectivity index (χ0v) is 12.1. The number of carbonyl (C=O) groups excluding carboxylic acids is 1. The number of hydrogen-bond acceptors (Lipinski definition) is 1. The third-order valence-corrected chi connectivity index (χ3v) is 3.48. The molecule has 0 aliphatic carbocycles. The average molecular weight is 247 g/mol. The Morgan fingerprint density at radius 1 is 1.28 bits per heavy atom. The molecule has 1 rings (SSSR count). The Labute approximate surface area is 111 Å². The summed E-state index contributed by atoms with van der Waals surface area (Å²) in [6.45, 7) is 7.11. The van der Waals surface area contributed by atoms with Gasteiger partial charge in [0.2, 0.25) is 5.91 Å². The number of hydrogen-bond donors (Lipinski definition) is 0. The maximum absolute atomic E-state index is 11.4. The molecular weight excluding hydrogens is 222 g/mol. The fourth-order valence-electron chi connectivity index (χ4n) is 2.16. The van der Waals surface area contributed by atoms with Crippen molar-refractivity contribution in [3.8, 4) is 0 Å². The van der Waals surface area contributed by atoms with E-state index in [1.54, 1.807) is 0 Å². The van der Waals surface area contributed by atoms with E-state index in [2.05, 4.69) is 32.0 Å². The van der Waals surface area contributed by atoms with Crippen LogP contribution in [0, 0.1) is 6.92 Å². The van der Waals surface area contributed by atoms with Crippen LogP contribution in [-0.2, 0) is 17.6 Å². The van der Waals surface area contributed by atoms with E-state index >= 15 is 0 Å². The second-order valence-corrected chi connectivity index (χ2v) is 4.89. The summed E-state index contributed by atoms with van der Waals surface area (Å²) in [7, 11) is 1.89. The summed E-state index contributed by atoms with van der Waals surface area (Å²) in [5.74, 6) is 0.230. The lowest BCUT2D eigenvalue weighted by Crippen LogP contribution is -2.27. The predicted molar refractivity (Wildman–Crippen MR) is 76.8 cm³/mol. The Morgan fingerprint density at radius 2 is 2.00 bits per heavy atom. The Balaban J connectivity index is 2.46. The zero-order valence-electron chi connectivity index (χ0n) is 12.1. The second kappa shape index (κ2) is 7.20. The van der Waals surface area contributed by atoms with E-state index < -0.39 is 0 Å². The second-order valence-electron chi connectivity index (χ2n) is 4.89. The Hall–Kier alpha value is -1.31. The Morgan fingerprint density at radius 3 is 2.56 bits per heavy atom. The van der Waals surface area contributed by atoms with E-state index in [9.17, 15) is 4.79 Å². The van der Waals surface area contributed by atoms with Crippen molar-refractivity contribution in [2.24, 2.45) is 0 Å². The van der Waals surface area contributed by atoms with Crippen LogP contribution in [0.2, 0.25) is 0 Å². The molecule has 0 saturated carbocycles. The number of rotatable bonds is 6. The molecule has 18 heavy (non-hydrogen) atoms. The fourth-order valence-corrected chi connectivity index (χ4v) is 2.16. The van der Waals surface area contributed by atoms with Gasteiger partial charge in [-0.3, -0.25) is 4.79 Å². The standard InChI is InChI=1S/C16H25NO/c1-5-14-9-10-15(13(3)12-14)8-7-11-17(4)16(18)6-2/h9-10,12H,5-8,11H2,1-4H3. The number of nitrogens with zero attached hydrogens (tertiary/aromatic N) is 1. The van der Waals surface area contributed by atoms with Gasteiger partial charge in [-0.05, 0) is 42.9 Å². The van der Waals surface area contributed by atoms with Crippen molar-refractivity contribution in [3.63, 3.8) is 0 Å². The van der Waals surface area contributed by atoms with Crippen molar-refractivity contribution in [1.82, 2.24) is 4.90 Å². The maximum Gasteiger partial charge on any atom is 0.222 e. The van der Waals surface area contributed by atoms with Gasteiger partial charge in [-0.25, -0.2) is 0 Å². The molecule has 0 aliphatic rings. The molecule has 0 heterocycles. The molecule has 0 aromatic heterocycles. The van der Waals surface area contributed by atoms with Gasteiger partial charge < -0.3 is 4.90 Å². The van der Waals surface area contributed by atoms with Gasteiger partial charge in [0.15, 0.2) is 0 Å². The third kappa shape index (κ3) is 4.17. The van der Waals surface area contributed by atoms with Gasteiger partial charge in [-0.2, -0.15) is 0 Å². The predicted octanol–water partition coefficient (Wildman–Crippen LogP) is 3.36. The summed E-state index contributed by atoms with van der Waals surface area (Å²) in [5.41, 5.74) is 4.18. The van der Waals surface area contributed by atoms with E-state index in [0.29, 0.717) is 6.42 Å². The third-order valence-electron chi connectivity index (χ3n) is 3.48. The molecule has 0 radical (unpaired) electrons. The van der Waals surface area contributed by atoms with Gasteiger partial charge in [0, 0.05) is 20.0 Å². The van der Waals surface area contributed by atoms with Gasteiger partial charge in [0.25, 0.3) is 0 Å². The zero-order chi connectivity index (χ0) is 13.5. The summed E-state index contributed by atoms with van der Waals surface area (Å²) in [4.78, 5) is 13.3. The van der Waals surface area contributed by atoms with Crippen LogP contribution in [0.1, 0.15) is 43.4 Å². The van der Waals surface area contributed by atoms with Crippen molar-refractivity contribution in [2.45, 2.75) is 46.5 Å². The first-order valence-electron chi connectivity index (χ1n) is 6.90. The van der Waals surface area contributed by atoms with Gasteiger partial charge >= 0.3 is 0 Å². The summed E-state index contributed by atoms with van der Waals surface area (Å²) in [6, 6.07) is 6.72. The maximum atomic E-state index is 11.4. The first-order chi connectivity index (χ1) is 8.58. The molecular formula is C16H25NO. The van der Waals surface area contributed by atoms with Crippen LogP contribution >= 0.6 is 0 Å². The summed E-state index contributed by atoms with van der Waals surface area (Å²) in [5, 5.41) is 0. The molecule has 1 aromatic rings. The van der Waals surface area contributed by atoms with Crippen molar-refractivity contribution in [2.75, 3.05) is 13.6 Å². The van der Waals surface area contributed by atoms with Crippen LogP contribution in [0.15, 0.2) is 18.2 Å². The molecule has 2 nitrogen and oxygen atoms in total. The van der Waals surface area contributed by atoms with Crippen LogP contribution < -0.4 is 0 Å². The van der Waals surface area contributed by atoms with Crippen molar-refractivity contribution < 1.29 is 4.79 Å². The largest absolute Gasteiger partial charge is 0.346 e. The van der Waals surface area contributed by atoms with Crippen LogP contribution in [0.25, 0.3) is 0 Å². The SMILES string of the molecule is CCC(=O)N(C)CCCc1ccc(CC)cc1C. The quantitative estimate of drug-likeness (QED) is 0.755. The van der Waals surface area contributed by atoms with Crippen LogP contribution in [-0.4, -0.2) is 24.4 Å². The highest BCUT2D eigenvalue weighted by atomic mass is 16.2. The normalized spacial score (nSPS) is 10.4. The van der Waals surface area contributed by atoms with E-state index in [1.807, 2.05) is 18.9 Å². The first-order valence-corrected chi connectivity index (χ1v) is 6.90. The molecule has 100 valence electrons. The fraction of sp³-hybridized carbons (Fsp3) is 0.562. The lowest BCUT2D eigenvalue weighted by Gasteiger charge is -2.16. The van der Waals surface area contributed by atoms with Gasteiger partial charge in [-0.15, -0.1) is 0 Å². The number of amides is 1. The molecule has 2 heteroatoms. The van der Waals surface area contributed by atoms with Crippen molar-refractivity contribution in [1.29, 1.82) is 0 Å². The number of benzene rings is 1. The monoisotopic (exact) mass is 247 g/mol. The molecule has 0 atom stereocenters. The molecule has 0 unspecified atom stereocenters. The van der Waals surface area contributed by atoms with Crippen molar-refractivity contribution in [3.05, 3.63) is 34.9 Å². The smallest absolute Gasteiger partial charge is 0.222 e. The van der Waals surface area contributed by atoms with Crippen molar-refractivity contribution >= 4 is 5.91 Å². The number of aryl methyl sites for hydroxylation is 3. The minimum Gasteiger partial charge on any atom is -0.346 e. The summed E-state index contributed by atoms with van der Waals surface area (Å²) < 4.78 is 0. The highest BCUT2D eigenvalue weighted by Gasteiger charge is 2.06. The highest BCUT2D eigenvalue weighted by Crippen LogP contribution is 2.13. The molecule has 0 N–H and O–H groups in total. The average Bonchev–Trinajstić information content (AvgIpc) is 2.39. The highest BCUT2D eigenvalue weighted by molar-refractivity contribution is 5.75. The minimum atomic E-state index is 0.230. The molecule has 1 aromatic carbocycles. The Bertz CT molecular complexity index is 398. The molecule has 0 spiro atoms. The summed E-state index contributed by atoms with van der Waals surface area (Å²) >= 11 is 0. The van der Waals surface area contributed by atoms with Gasteiger partial charge in [-0.1, -0.05) is 32.0 Å². The van der Waals surface area contributed by atoms with E-state index in [1.165, 1.54) is 16.7 Å². The molecule has 0 bridgehead atoms. The lowest BCUT2D eigenvalue weighted by atomic mass is 10.00. The van der Waals surface area contributed by atoms with E-state index in [-0.39, 0.29) is 5.91 Å². The van der Waals surface area contributed by atoms with Crippen LogP contribution in [0.3, 0.4) is 0 Å². The molecule has 0 aliphatic heterocycles. The van der Waals surface area contributed by atoms with E-state index in [0.717, 1.165) is 25.8 Å². The molecule has 1 amide bonds. The van der Waals surface area contributed by atoms with Crippen LogP contribution in [0.4, 0.5) is 0 Å². The van der Waals surface area contributed by atoms with Crippen LogP contribution in [0.5, 0.6) is 0 Å². The minimum absolute atomic E-state index is 0.230.